The molecule has 4 unspecified atom stereocenters. The van der Waals surface area contributed by atoms with Gasteiger partial charge in [0.25, 0.3) is 0 Å². The van der Waals surface area contributed by atoms with Crippen LogP contribution in [0.2, 0.25) is 0 Å². The molecule has 18 atom stereocenters. The molecule has 2 aromatic rings. The highest BCUT2D eigenvalue weighted by Gasteiger charge is 2.80. The summed E-state index contributed by atoms with van der Waals surface area (Å²) in [5, 5.41) is 22.4. The molecule has 380 valence electrons. The Morgan fingerprint density at radius 3 is 1.38 bits per heavy atom. The summed E-state index contributed by atoms with van der Waals surface area (Å²) >= 11 is 1.22. The van der Waals surface area contributed by atoms with Crippen molar-refractivity contribution in [3.8, 4) is 0 Å². The van der Waals surface area contributed by atoms with E-state index in [2.05, 4.69) is 0 Å². The van der Waals surface area contributed by atoms with Gasteiger partial charge in [-0.05, 0) is 124 Å². The van der Waals surface area contributed by atoms with Gasteiger partial charge >= 0.3 is 11.9 Å². The molecule has 0 aromatic carbocycles. The van der Waals surface area contributed by atoms with Crippen LogP contribution < -0.4 is 0 Å². The number of fused-ring (bicyclic) bond motifs is 10. The summed E-state index contributed by atoms with van der Waals surface area (Å²) in [5.41, 5.74) is -16.0. The number of aliphatic hydroxyl groups excluding tert-OH is 2. The van der Waals surface area contributed by atoms with Crippen molar-refractivity contribution in [2.45, 2.75) is 127 Å². The van der Waals surface area contributed by atoms with Gasteiger partial charge in [-0.15, -0.1) is 0 Å². The minimum atomic E-state index is -2.50. The number of allylic oxidation sites excluding steroid dienone is 8. The Morgan fingerprint density at radius 2 is 1.03 bits per heavy atom. The molecule has 2 heterocycles. The molecule has 10 rings (SSSR count). The quantitative estimate of drug-likeness (QED) is 0.145. The average molecular weight is 1030 g/mol. The zero-order chi connectivity index (χ0) is 51.2. The van der Waals surface area contributed by atoms with E-state index in [0.29, 0.717) is 23.5 Å². The maximum atomic E-state index is 18.2. The normalized spacial score (nSPS) is 46.1. The summed E-state index contributed by atoms with van der Waals surface area (Å²) in [5.74, 6) is -9.49. The lowest BCUT2D eigenvalue weighted by atomic mass is 9.44. The largest absolute Gasteiger partial charge is 0.457 e. The predicted octanol–water partition coefficient (Wildman–Crippen LogP) is 8.97. The van der Waals surface area contributed by atoms with Crippen LogP contribution in [0, 0.1) is 57.2 Å². The van der Waals surface area contributed by atoms with E-state index in [0.717, 1.165) is 24.3 Å². The van der Waals surface area contributed by atoms with Crippen LogP contribution in [0.4, 0.5) is 17.6 Å². The van der Waals surface area contributed by atoms with E-state index in [1.165, 1.54) is 62.8 Å². The average Bonchev–Trinajstić information content (AvgIpc) is 4.13. The summed E-state index contributed by atoms with van der Waals surface area (Å²) in [6.45, 7) is 9.46. The van der Waals surface area contributed by atoms with Gasteiger partial charge in [0.15, 0.2) is 34.1 Å². The number of carbonyl (C=O) groups is 6. The first-order valence-corrected chi connectivity index (χ1v) is 26.1. The van der Waals surface area contributed by atoms with Crippen molar-refractivity contribution >= 4 is 57.3 Å². The molecule has 0 aliphatic heterocycles. The maximum Gasteiger partial charge on any atom is 0.375 e. The highest BCUT2D eigenvalue weighted by molar-refractivity contribution is 8.29. The minimum absolute atomic E-state index is 0.0542. The van der Waals surface area contributed by atoms with Crippen molar-refractivity contribution < 1.29 is 74.8 Å². The molecule has 0 spiro atoms. The van der Waals surface area contributed by atoms with E-state index in [4.69, 9.17) is 18.3 Å². The molecule has 18 heteroatoms. The second-order valence-corrected chi connectivity index (χ2v) is 24.4. The molecule has 0 amide bonds. The fourth-order valence-electron chi connectivity index (χ4n) is 16.0. The van der Waals surface area contributed by atoms with Gasteiger partial charge in [0.1, 0.15) is 12.3 Å². The number of aliphatic hydroxyl groups is 2. The zero-order valence-electron chi connectivity index (χ0n) is 40.0. The van der Waals surface area contributed by atoms with Crippen LogP contribution in [-0.2, 0) is 28.7 Å². The van der Waals surface area contributed by atoms with Gasteiger partial charge in [0.05, 0.1) is 29.8 Å². The highest BCUT2D eigenvalue weighted by Crippen LogP contribution is 2.74. The van der Waals surface area contributed by atoms with Gasteiger partial charge in [0, 0.05) is 45.3 Å². The highest BCUT2D eigenvalue weighted by atomic mass is 32.2. The molecule has 2 N–H and O–H groups in total. The van der Waals surface area contributed by atoms with Crippen LogP contribution >= 0.6 is 23.5 Å². The number of alkyl halides is 4. The molecule has 12 nitrogen and oxygen atoms in total. The summed E-state index contributed by atoms with van der Waals surface area (Å²) in [6, 6.07) is 5.56. The maximum absolute atomic E-state index is 18.2. The summed E-state index contributed by atoms with van der Waals surface area (Å²) < 4.78 is 92.6. The third-order valence-corrected chi connectivity index (χ3v) is 21.3. The number of thioether (sulfide) groups is 2. The number of halogens is 4. The fraction of sp³-hybridized carbons (Fsp3) is 0.585. The Labute approximate surface area is 415 Å². The van der Waals surface area contributed by atoms with Gasteiger partial charge in [-0.2, -0.15) is 0 Å². The predicted molar refractivity (Wildman–Crippen MR) is 250 cm³/mol. The molecule has 71 heavy (non-hydrogen) atoms. The lowest BCUT2D eigenvalue weighted by Crippen LogP contribution is -2.70. The van der Waals surface area contributed by atoms with Crippen LogP contribution in [0.25, 0.3) is 0 Å². The van der Waals surface area contributed by atoms with E-state index >= 15 is 27.2 Å². The van der Waals surface area contributed by atoms with Crippen molar-refractivity contribution in [1.29, 1.82) is 0 Å². The minimum Gasteiger partial charge on any atom is -0.457 e. The van der Waals surface area contributed by atoms with E-state index in [-0.39, 0.29) is 40.6 Å². The summed E-state index contributed by atoms with van der Waals surface area (Å²) in [6.07, 6.45) is 0.730. The third-order valence-electron chi connectivity index (χ3n) is 19.3. The fourth-order valence-corrected chi connectivity index (χ4v) is 18.4. The van der Waals surface area contributed by atoms with Crippen molar-refractivity contribution in [1.82, 2.24) is 0 Å². The van der Waals surface area contributed by atoms with Gasteiger partial charge in [-0.3, -0.25) is 19.2 Å². The Kier molecular flexibility index (Phi) is 11.6. The standard InChI is InChI=1S/C53H56F4O12S2/c1-26-17-30-32-21-36(54)34-19-28(58)11-13-46(34,3)50(32,56)40(60)23-48(30,5)52(26,68-42(62)38-9-7-15-66-38)44(64)70-25-71-45(65)53(69-43(63)39-10-8-16-67-39)27(2)18-31-33-22-37(55)35-20-29(59)12-14-47(35,4)51(33,57)41(61)24-49(31,53)6/h7-16,19-20,26-27,30-33,36-37,40-41,60-61H,17-18,21-25H2,1-6H3/t26-,27-,30?,31?,32?,33?,36+,37+,40+,41+,46+,47+,48+,49+,50+,51+,52+,53+/m1/s1. The molecule has 2 aromatic heterocycles. The SMILES string of the molecule is C[C@@H]1CC2C3C[C@H](F)C4=CC(=O)C=C[C@]4(C)[C@@]3(F)[C@@H](O)C[C@]2(C)[C@@]1(OC(=O)c1ccco1)C(=O)SCSC(=O)[C@@]1(OC(=O)c2ccco2)[C@H](C)CC2C3C[C@H](F)C4=CC(=O)C=C[C@]4(C)[C@@]3(F)[C@@H](O)C[C@@]21C. The smallest absolute Gasteiger partial charge is 0.375 e. The molecule has 8 aliphatic carbocycles. The third kappa shape index (κ3) is 6.37. The first kappa shape index (κ1) is 50.0. The number of hydrogen-bond donors (Lipinski definition) is 2. The Hall–Kier alpha value is -4.52. The Bertz CT molecular complexity index is 2560. The van der Waals surface area contributed by atoms with E-state index in [9.17, 15) is 29.4 Å². The van der Waals surface area contributed by atoms with Gasteiger partial charge in [-0.1, -0.05) is 63.4 Å². The lowest BCUT2D eigenvalue weighted by molar-refractivity contribution is -0.221. The summed E-state index contributed by atoms with van der Waals surface area (Å²) in [4.78, 5) is 83.7. The lowest BCUT2D eigenvalue weighted by Gasteiger charge is -2.63. The van der Waals surface area contributed by atoms with Gasteiger partial charge in [-0.25, -0.2) is 27.2 Å². The second kappa shape index (κ2) is 16.5. The van der Waals surface area contributed by atoms with E-state index < -0.39 is 164 Å². The molecule has 0 saturated heterocycles. The molecule has 0 radical (unpaired) electrons. The van der Waals surface area contributed by atoms with Gasteiger partial charge in [0.2, 0.25) is 21.8 Å². The van der Waals surface area contributed by atoms with Crippen LogP contribution in [-0.4, -0.2) is 96.1 Å². The Morgan fingerprint density at radius 1 is 0.648 bits per heavy atom. The number of rotatable bonds is 8. The molecule has 6 saturated carbocycles. The second-order valence-electron chi connectivity index (χ2n) is 22.2. The van der Waals surface area contributed by atoms with Crippen molar-refractivity contribution in [2.24, 2.45) is 57.2 Å². The number of furan rings is 2. The van der Waals surface area contributed by atoms with E-state index in [1.54, 1.807) is 27.7 Å². The molecule has 0 bridgehead atoms. The first-order valence-electron chi connectivity index (χ1n) is 24.1. The molecular formula is C53H56F4O12S2. The Balaban J connectivity index is 0.987. The monoisotopic (exact) mass is 1020 g/mol. The first-order chi connectivity index (χ1) is 33.3. The molecule has 8 aliphatic rings. The number of ether oxygens (including phenoxy) is 2. The molecular weight excluding hydrogens is 969 g/mol. The van der Waals surface area contributed by atoms with Crippen molar-refractivity contribution in [2.75, 3.05) is 5.08 Å². The van der Waals surface area contributed by atoms with Crippen molar-refractivity contribution in [3.05, 3.63) is 95.9 Å². The zero-order valence-corrected chi connectivity index (χ0v) is 41.6. The van der Waals surface area contributed by atoms with Gasteiger partial charge < -0.3 is 28.5 Å². The van der Waals surface area contributed by atoms with E-state index in [1.807, 2.05) is 0 Å². The number of carbonyl (C=O) groups excluding carboxylic acids is 6. The number of esters is 2. The van der Waals surface area contributed by atoms with Crippen molar-refractivity contribution in [3.63, 3.8) is 0 Å². The van der Waals surface area contributed by atoms with Crippen LogP contribution in [0.3, 0.4) is 0 Å². The van der Waals surface area contributed by atoms with Crippen LogP contribution in [0.15, 0.2) is 93.2 Å². The number of ketones is 2. The topological polar surface area (TPSA) is 188 Å². The molecule has 6 fully saturated rings. The van der Waals surface area contributed by atoms with Crippen LogP contribution in [0.1, 0.15) is 101 Å². The van der Waals surface area contributed by atoms with Crippen LogP contribution in [0.5, 0.6) is 0 Å². The number of hydrogen-bond acceptors (Lipinski definition) is 14. The summed E-state index contributed by atoms with van der Waals surface area (Å²) in [7, 11) is 0.